The fourth-order valence-electron chi connectivity index (χ4n) is 2.60. The molecule has 2 unspecified atom stereocenters. The Morgan fingerprint density at radius 3 is 2.58 bits per heavy atom. The molecule has 1 aliphatic rings. The summed E-state index contributed by atoms with van der Waals surface area (Å²) in [6, 6.07) is 6.98. The molecule has 2 atom stereocenters. The van der Waals surface area contributed by atoms with E-state index in [0.717, 1.165) is 15.7 Å². The molecule has 19 heavy (non-hydrogen) atoms. The standard InChI is InChI=1S/C14H20BrN3S/c1-9-4-3-5-10(2)18(9)17-13-8-11(15)6-7-12(13)14(16)19/h6-10,17H,3-5H2,1-2H3,(H2,16,19). The molecule has 1 fully saturated rings. The Hall–Kier alpha value is -0.650. The van der Waals surface area contributed by atoms with Crippen molar-refractivity contribution in [1.29, 1.82) is 0 Å². The largest absolute Gasteiger partial charge is 0.389 e. The van der Waals surface area contributed by atoms with E-state index < -0.39 is 0 Å². The topological polar surface area (TPSA) is 41.3 Å². The van der Waals surface area contributed by atoms with Crippen LogP contribution in [0.4, 0.5) is 5.69 Å². The molecule has 1 aromatic carbocycles. The molecule has 5 heteroatoms. The normalized spacial score (nSPS) is 24.2. The summed E-state index contributed by atoms with van der Waals surface area (Å²) in [4.78, 5) is 0.423. The summed E-state index contributed by atoms with van der Waals surface area (Å²) in [5, 5.41) is 2.31. The van der Waals surface area contributed by atoms with Crippen LogP contribution in [-0.2, 0) is 0 Å². The predicted molar refractivity (Wildman–Crippen MR) is 88.3 cm³/mol. The zero-order valence-electron chi connectivity index (χ0n) is 11.3. The van der Waals surface area contributed by atoms with Crippen LogP contribution in [0.1, 0.15) is 38.7 Å². The lowest BCUT2D eigenvalue weighted by Crippen LogP contribution is -2.47. The number of halogens is 1. The minimum Gasteiger partial charge on any atom is -0.389 e. The molecule has 1 aliphatic heterocycles. The maximum Gasteiger partial charge on any atom is 0.106 e. The van der Waals surface area contributed by atoms with Gasteiger partial charge in [0, 0.05) is 22.1 Å². The Balaban J connectivity index is 2.26. The molecule has 0 aromatic heterocycles. The molecular formula is C14H20BrN3S. The maximum absolute atomic E-state index is 5.80. The van der Waals surface area contributed by atoms with Gasteiger partial charge in [-0.3, -0.25) is 0 Å². The second kappa shape index (κ2) is 6.20. The minimum atomic E-state index is 0.423. The lowest BCUT2D eigenvalue weighted by Gasteiger charge is -2.39. The molecular weight excluding hydrogens is 322 g/mol. The van der Waals surface area contributed by atoms with Gasteiger partial charge in [-0.2, -0.15) is 0 Å². The Morgan fingerprint density at radius 2 is 2.00 bits per heavy atom. The quantitative estimate of drug-likeness (QED) is 0.823. The van der Waals surface area contributed by atoms with Gasteiger partial charge < -0.3 is 11.2 Å². The van der Waals surface area contributed by atoms with Gasteiger partial charge in [0.15, 0.2) is 0 Å². The van der Waals surface area contributed by atoms with Crippen LogP contribution in [0.3, 0.4) is 0 Å². The van der Waals surface area contributed by atoms with Crippen molar-refractivity contribution in [3.8, 4) is 0 Å². The molecule has 1 heterocycles. The summed E-state index contributed by atoms with van der Waals surface area (Å²) in [6.45, 7) is 4.50. The van der Waals surface area contributed by atoms with E-state index in [9.17, 15) is 0 Å². The highest BCUT2D eigenvalue weighted by Crippen LogP contribution is 2.27. The first-order chi connectivity index (χ1) is 8.99. The fraction of sp³-hybridized carbons (Fsp3) is 0.500. The van der Waals surface area contributed by atoms with E-state index in [1.165, 1.54) is 19.3 Å². The van der Waals surface area contributed by atoms with Crippen LogP contribution in [0.15, 0.2) is 22.7 Å². The maximum atomic E-state index is 5.80. The van der Waals surface area contributed by atoms with Crippen LogP contribution in [0.2, 0.25) is 0 Å². The van der Waals surface area contributed by atoms with Crippen molar-refractivity contribution in [2.24, 2.45) is 5.73 Å². The number of benzene rings is 1. The highest BCUT2D eigenvalue weighted by atomic mass is 79.9. The second-order valence-electron chi connectivity index (χ2n) is 5.20. The first-order valence-electron chi connectivity index (χ1n) is 6.63. The average Bonchev–Trinajstić information content (AvgIpc) is 2.33. The van der Waals surface area contributed by atoms with Crippen molar-refractivity contribution >= 4 is 38.8 Å². The summed E-state index contributed by atoms with van der Waals surface area (Å²) in [5.74, 6) is 0. The van der Waals surface area contributed by atoms with Crippen LogP contribution in [0, 0.1) is 0 Å². The molecule has 1 aromatic rings. The third-order valence-corrected chi connectivity index (χ3v) is 4.40. The van der Waals surface area contributed by atoms with Gasteiger partial charge in [0.1, 0.15) is 4.99 Å². The molecule has 0 spiro atoms. The lowest BCUT2D eigenvalue weighted by molar-refractivity contribution is 0.136. The van der Waals surface area contributed by atoms with E-state index in [4.69, 9.17) is 18.0 Å². The highest BCUT2D eigenvalue weighted by molar-refractivity contribution is 9.10. The van der Waals surface area contributed by atoms with E-state index in [2.05, 4.69) is 40.2 Å². The molecule has 1 saturated heterocycles. The van der Waals surface area contributed by atoms with E-state index >= 15 is 0 Å². The summed E-state index contributed by atoms with van der Waals surface area (Å²) in [7, 11) is 0. The Bertz CT molecular complexity index is 468. The third-order valence-electron chi connectivity index (χ3n) is 3.69. The van der Waals surface area contributed by atoms with Crippen LogP contribution >= 0.6 is 28.1 Å². The average molecular weight is 342 g/mol. The zero-order valence-corrected chi connectivity index (χ0v) is 13.7. The van der Waals surface area contributed by atoms with E-state index in [1.54, 1.807) is 0 Å². The van der Waals surface area contributed by atoms with Gasteiger partial charge in [0.2, 0.25) is 0 Å². The van der Waals surface area contributed by atoms with E-state index in [1.807, 2.05) is 18.2 Å². The van der Waals surface area contributed by atoms with Gasteiger partial charge in [-0.15, -0.1) is 0 Å². The molecule has 2 rings (SSSR count). The first-order valence-corrected chi connectivity index (χ1v) is 7.83. The number of nitrogens with one attached hydrogen (secondary N) is 1. The number of hydrazine groups is 1. The van der Waals surface area contributed by atoms with Crippen molar-refractivity contribution in [2.45, 2.75) is 45.2 Å². The van der Waals surface area contributed by atoms with Gasteiger partial charge in [0.05, 0.1) is 5.69 Å². The molecule has 3 nitrogen and oxygen atoms in total. The Kier molecular flexibility index (Phi) is 4.81. The van der Waals surface area contributed by atoms with E-state index in [0.29, 0.717) is 17.1 Å². The van der Waals surface area contributed by atoms with Gasteiger partial charge >= 0.3 is 0 Å². The zero-order chi connectivity index (χ0) is 14.0. The van der Waals surface area contributed by atoms with Crippen molar-refractivity contribution in [1.82, 2.24) is 5.01 Å². The summed E-state index contributed by atoms with van der Waals surface area (Å²) < 4.78 is 1.02. The number of hydrogen-bond acceptors (Lipinski definition) is 3. The summed E-state index contributed by atoms with van der Waals surface area (Å²) in [5.41, 5.74) is 11.2. The first kappa shape index (κ1) is 14.8. The molecule has 0 aliphatic carbocycles. The van der Waals surface area contributed by atoms with Gasteiger partial charge in [0.25, 0.3) is 0 Å². The Labute approximate surface area is 128 Å². The van der Waals surface area contributed by atoms with Crippen LogP contribution in [0.5, 0.6) is 0 Å². The Morgan fingerprint density at radius 1 is 1.37 bits per heavy atom. The molecule has 0 amide bonds. The number of nitrogens with two attached hydrogens (primary N) is 1. The second-order valence-corrected chi connectivity index (χ2v) is 6.56. The summed E-state index contributed by atoms with van der Waals surface area (Å²) in [6.07, 6.45) is 3.72. The number of hydrogen-bond donors (Lipinski definition) is 2. The molecule has 3 N–H and O–H groups in total. The third kappa shape index (κ3) is 3.46. The van der Waals surface area contributed by atoms with Gasteiger partial charge in [-0.1, -0.05) is 34.6 Å². The van der Waals surface area contributed by atoms with Crippen molar-refractivity contribution < 1.29 is 0 Å². The lowest BCUT2D eigenvalue weighted by atomic mass is 10.00. The number of thiocarbonyl (C=S) groups is 1. The van der Waals surface area contributed by atoms with Crippen LogP contribution < -0.4 is 11.2 Å². The number of anilines is 1. The van der Waals surface area contributed by atoms with Crippen molar-refractivity contribution in [2.75, 3.05) is 5.43 Å². The number of nitrogens with zero attached hydrogens (tertiary/aromatic N) is 1. The van der Waals surface area contributed by atoms with Crippen molar-refractivity contribution in [3.63, 3.8) is 0 Å². The minimum absolute atomic E-state index is 0.423. The molecule has 104 valence electrons. The molecule has 0 radical (unpaired) electrons. The fourth-order valence-corrected chi connectivity index (χ4v) is 3.14. The molecule has 0 bridgehead atoms. The van der Waals surface area contributed by atoms with Crippen LogP contribution in [0.25, 0.3) is 0 Å². The predicted octanol–water partition coefficient (Wildman–Crippen LogP) is 3.67. The van der Waals surface area contributed by atoms with Crippen molar-refractivity contribution in [3.05, 3.63) is 28.2 Å². The van der Waals surface area contributed by atoms with E-state index in [-0.39, 0.29) is 0 Å². The summed E-state index contributed by atoms with van der Waals surface area (Å²) >= 11 is 8.62. The number of rotatable bonds is 3. The van der Waals surface area contributed by atoms with Crippen LogP contribution in [-0.4, -0.2) is 22.1 Å². The van der Waals surface area contributed by atoms with Gasteiger partial charge in [-0.25, -0.2) is 5.01 Å². The van der Waals surface area contributed by atoms with Gasteiger partial charge in [-0.05, 0) is 44.9 Å². The number of piperidine rings is 1. The molecule has 0 saturated carbocycles. The monoisotopic (exact) mass is 341 g/mol. The smallest absolute Gasteiger partial charge is 0.106 e. The SMILES string of the molecule is CC1CCCC(C)N1Nc1cc(Br)ccc1C(N)=S. The highest BCUT2D eigenvalue weighted by Gasteiger charge is 2.25.